The predicted molar refractivity (Wildman–Crippen MR) is 66.3 cm³/mol. The van der Waals surface area contributed by atoms with Crippen molar-refractivity contribution < 1.29 is 9.53 Å². The van der Waals surface area contributed by atoms with E-state index in [1.165, 1.54) is 6.20 Å². The highest BCUT2D eigenvalue weighted by Gasteiger charge is 2.06. The summed E-state index contributed by atoms with van der Waals surface area (Å²) in [6.45, 7) is 2.57. The van der Waals surface area contributed by atoms with Crippen LogP contribution in [0.2, 0.25) is 5.02 Å². The molecule has 0 radical (unpaired) electrons. The molecular weight excluding hydrogens is 244 g/mol. The first kappa shape index (κ1) is 13.5. The average molecular weight is 259 g/mol. The first-order valence-corrected chi connectivity index (χ1v) is 5.65. The molecule has 7 heteroatoms. The third-order valence-corrected chi connectivity index (χ3v) is 2.17. The van der Waals surface area contributed by atoms with Gasteiger partial charge in [-0.3, -0.25) is 4.79 Å². The lowest BCUT2D eigenvalue weighted by atomic mass is 10.4. The lowest BCUT2D eigenvalue weighted by Crippen LogP contribution is -2.12. The molecule has 0 unspecified atom stereocenters. The van der Waals surface area contributed by atoms with Crippen molar-refractivity contribution in [3.05, 3.63) is 11.2 Å². The molecule has 1 aromatic heterocycles. The standard InChI is InChI=1S/C10H15ClN4O2/c1-3-17-8(16)4-5-13-9-7(11)6-14-10(12-2)15-9/h6H,3-5H2,1-2H3,(H2,12,13,14,15). The number of anilines is 2. The van der Waals surface area contributed by atoms with Gasteiger partial charge >= 0.3 is 5.97 Å². The van der Waals surface area contributed by atoms with Crippen LogP contribution in [0.5, 0.6) is 0 Å². The van der Waals surface area contributed by atoms with E-state index < -0.39 is 0 Å². The van der Waals surface area contributed by atoms with Gasteiger partial charge in [0.25, 0.3) is 0 Å². The van der Waals surface area contributed by atoms with E-state index in [2.05, 4.69) is 20.6 Å². The van der Waals surface area contributed by atoms with Gasteiger partial charge < -0.3 is 15.4 Å². The van der Waals surface area contributed by atoms with E-state index in [0.717, 1.165) is 0 Å². The van der Waals surface area contributed by atoms with Crippen LogP contribution in [0.1, 0.15) is 13.3 Å². The Balaban J connectivity index is 2.48. The predicted octanol–water partition coefficient (Wildman–Crippen LogP) is 1.54. The first-order valence-electron chi connectivity index (χ1n) is 5.27. The van der Waals surface area contributed by atoms with Gasteiger partial charge in [0.1, 0.15) is 5.02 Å². The molecule has 17 heavy (non-hydrogen) atoms. The number of carbonyl (C=O) groups excluding carboxylic acids is 1. The van der Waals surface area contributed by atoms with Crippen molar-refractivity contribution in [3.8, 4) is 0 Å². The number of aromatic nitrogens is 2. The largest absolute Gasteiger partial charge is 0.466 e. The molecule has 0 aromatic carbocycles. The smallest absolute Gasteiger partial charge is 0.307 e. The zero-order valence-corrected chi connectivity index (χ0v) is 10.5. The van der Waals surface area contributed by atoms with E-state index in [1.807, 2.05) is 0 Å². The molecule has 0 fully saturated rings. The van der Waals surface area contributed by atoms with Crippen LogP contribution in [0.3, 0.4) is 0 Å². The van der Waals surface area contributed by atoms with Crippen LogP contribution in [0.15, 0.2) is 6.20 Å². The quantitative estimate of drug-likeness (QED) is 0.754. The highest BCUT2D eigenvalue weighted by molar-refractivity contribution is 6.32. The van der Waals surface area contributed by atoms with E-state index in [1.54, 1.807) is 14.0 Å². The van der Waals surface area contributed by atoms with Crippen molar-refractivity contribution in [1.29, 1.82) is 0 Å². The SMILES string of the molecule is CCOC(=O)CCNc1nc(NC)ncc1Cl. The van der Waals surface area contributed by atoms with E-state index in [4.69, 9.17) is 16.3 Å². The molecule has 94 valence electrons. The second-order valence-electron chi connectivity index (χ2n) is 3.12. The van der Waals surface area contributed by atoms with Crippen molar-refractivity contribution >= 4 is 29.3 Å². The number of nitrogens with one attached hydrogen (secondary N) is 2. The Labute approximate surface area is 105 Å². The lowest BCUT2D eigenvalue weighted by Gasteiger charge is -2.08. The number of hydrogen-bond acceptors (Lipinski definition) is 6. The summed E-state index contributed by atoms with van der Waals surface area (Å²) in [5.41, 5.74) is 0. The molecule has 0 aliphatic carbocycles. The van der Waals surface area contributed by atoms with Gasteiger partial charge in [-0.05, 0) is 6.92 Å². The maximum Gasteiger partial charge on any atom is 0.307 e. The number of ether oxygens (including phenoxy) is 1. The number of rotatable bonds is 6. The van der Waals surface area contributed by atoms with Crippen molar-refractivity contribution in [2.75, 3.05) is 30.8 Å². The fourth-order valence-corrected chi connectivity index (χ4v) is 1.29. The molecule has 1 aromatic rings. The normalized spacial score (nSPS) is 9.82. The minimum Gasteiger partial charge on any atom is -0.466 e. The Hall–Kier alpha value is -1.56. The van der Waals surface area contributed by atoms with Gasteiger partial charge in [-0.2, -0.15) is 4.98 Å². The van der Waals surface area contributed by atoms with E-state index >= 15 is 0 Å². The van der Waals surface area contributed by atoms with Crippen molar-refractivity contribution in [2.45, 2.75) is 13.3 Å². The Bertz CT molecular complexity index is 387. The Morgan fingerprint density at radius 3 is 3.00 bits per heavy atom. The van der Waals surface area contributed by atoms with Gasteiger partial charge in [0.2, 0.25) is 5.95 Å². The maximum absolute atomic E-state index is 11.1. The van der Waals surface area contributed by atoms with Gasteiger partial charge in [-0.25, -0.2) is 4.98 Å². The van der Waals surface area contributed by atoms with Crippen molar-refractivity contribution in [3.63, 3.8) is 0 Å². The summed E-state index contributed by atoms with van der Waals surface area (Å²) in [6, 6.07) is 0. The highest BCUT2D eigenvalue weighted by atomic mass is 35.5. The first-order chi connectivity index (χ1) is 8.17. The van der Waals surface area contributed by atoms with Crippen molar-refractivity contribution in [2.24, 2.45) is 0 Å². The molecule has 6 nitrogen and oxygen atoms in total. The summed E-state index contributed by atoms with van der Waals surface area (Å²) < 4.78 is 4.80. The molecule has 0 amide bonds. The fraction of sp³-hybridized carbons (Fsp3) is 0.500. The van der Waals surface area contributed by atoms with Crippen LogP contribution in [-0.2, 0) is 9.53 Å². The van der Waals surface area contributed by atoms with E-state index in [-0.39, 0.29) is 12.4 Å². The summed E-state index contributed by atoms with van der Waals surface area (Å²) in [5, 5.41) is 6.16. The van der Waals surface area contributed by atoms with Crippen LogP contribution in [0.25, 0.3) is 0 Å². The van der Waals surface area contributed by atoms with Gasteiger partial charge in [0, 0.05) is 13.6 Å². The van der Waals surface area contributed by atoms with Crippen LogP contribution in [0.4, 0.5) is 11.8 Å². The summed E-state index contributed by atoms with van der Waals surface area (Å²) >= 11 is 5.90. The molecule has 0 atom stereocenters. The molecular formula is C10H15ClN4O2. The number of carbonyl (C=O) groups is 1. The number of nitrogens with zero attached hydrogens (tertiary/aromatic N) is 2. The monoisotopic (exact) mass is 258 g/mol. The van der Waals surface area contributed by atoms with E-state index in [0.29, 0.717) is 29.9 Å². The zero-order chi connectivity index (χ0) is 12.7. The third kappa shape index (κ3) is 4.44. The topological polar surface area (TPSA) is 76.1 Å². The minimum atomic E-state index is -0.251. The molecule has 0 spiro atoms. The van der Waals surface area contributed by atoms with Crippen LogP contribution < -0.4 is 10.6 Å². The second-order valence-corrected chi connectivity index (χ2v) is 3.53. The van der Waals surface area contributed by atoms with Gasteiger partial charge in [0.15, 0.2) is 5.82 Å². The van der Waals surface area contributed by atoms with Crippen LogP contribution >= 0.6 is 11.6 Å². The average Bonchev–Trinajstić information content (AvgIpc) is 2.32. The van der Waals surface area contributed by atoms with Gasteiger partial charge in [0.05, 0.1) is 19.2 Å². The Morgan fingerprint density at radius 1 is 1.59 bits per heavy atom. The molecule has 0 aliphatic heterocycles. The van der Waals surface area contributed by atoms with Gasteiger partial charge in [-0.1, -0.05) is 11.6 Å². The minimum absolute atomic E-state index is 0.251. The third-order valence-electron chi connectivity index (χ3n) is 1.89. The zero-order valence-electron chi connectivity index (χ0n) is 9.79. The Morgan fingerprint density at radius 2 is 2.35 bits per heavy atom. The number of halogens is 1. The molecule has 1 heterocycles. The number of esters is 1. The summed E-state index contributed by atoms with van der Waals surface area (Å²) in [6.07, 6.45) is 1.76. The second kappa shape index (κ2) is 6.90. The summed E-state index contributed by atoms with van der Waals surface area (Å²) in [5.74, 6) is 0.711. The molecule has 0 aliphatic rings. The summed E-state index contributed by atoms with van der Waals surface area (Å²) in [7, 11) is 1.71. The van der Waals surface area contributed by atoms with E-state index in [9.17, 15) is 4.79 Å². The van der Waals surface area contributed by atoms with Crippen LogP contribution in [0, 0.1) is 0 Å². The van der Waals surface area contributed by atoms with Gasteiger partial charge in [-0.15, -0.1) is 0 Å². The molecule has 0 saturated carbocycles. The summed E-state index contributed by atoms with van der Waals surface area (Å²) in [4.78, 5) is 19.2. The highest BCUT2D eigenvalue weighted by Crippen LogP contribution is 2.18. The molecule has 0 bridgehead atoms. The molecule has 0 saturated heterocycles. The van der Waals surface area contributed by atoms with Crippen molar-refractivity contribution in [1.82, 2.24) is 9.97 Å². The maximum atomic E-state index is 11.1. The lowest BCUT2D eigenvalue weighted by molar-refractivity contribution is -0.142. The number of hydrogen-bond donors (Lipinski definition) is 2. The Kier molecular flexibility index (Phi) is 5.48. The fourth-order valence-electron chi connectivity index (χ4n) is 1.13. The van der Waals surface area contributed by atoms with Crippen LogP contribution in [-0.4, -0.2) is 36.1 Å². The molecule has 2 N–H and O–H groups in total. The molecule has 1 rings (SSSR count).